The second-order valence-electron chi connectivity index (χ2n) is 2.96. The number of hydrogen-bond acceptors (Lipinski definition) is 4. The van der Waals surface area contributed by atoms with Gasteiger partial charge in [-0.05, 0) is 12.5 Å². The molecule has 4 nitrogen and oxygen atoms in total. The number of allylic oxidation sites excluding steroid dienone is 1. The molecule has 78 valence electrons. The summed E-state index contributed by atoms with van der Waals surface area (Å²) in [6.45, 7) is 10.4. The average Bonchev–Trinajstić information content (AvgIpc) is 2.25. The SMILES string of the molecule is C=CC(=C)OCCNC1=NCCCN1. The summed E-state index contributed by atoms with van der Waals surface area (Å²) in [5, 5.41) is 6.30. The second-order valence-corrected chi connectivity index (χ2v) is 2.96. The number of hydrogen-bond donors (Lipinski definition) is 2. The molecule has 0 fully saturated rings. The zero-order chi connectivity index (χ0) is 10.2. The standard InChI is InChI=1S/C10H17N3O/c1-3-9(2)14-8-7-13-10-11-5-4-6-12-10/h3H,1-2,4-8H2,(H2,11,12,13). The normalized spacial score (nSPS) is 15.0. The maximum atomic E-state index is 5.22. The number of nitrogens with zero attached hydrogens (tertiary/aromatic N) is 1. The van der Waals surface area contributed by atoms with Crippen molar-refractivity contribution in [1.82, 2.24) is 10.6 Å². The van der Waals surface area contributed by atoms with Crippen molar-refractivity contribution >= 4 is 5.96 Å². The van der Waals surface area contributed by atoms with Crippen LogP contribution in [-0.2, 0) is 4.74 Å². The molecule has 1 rings (SSSR count). The summed E-state index contributed by atoms with van der Waals surface area (Å²) >= 11 is 0. The molecule has 0 spiro atoms. The van der Waals surface area contributed by atoms with Crippen molar-refractivity contribution in [1.29, 1.82) is 0 Å². The minimum Gasteiger partial charge on any atom is -0.492 e. The van der Waals surface area contributed by atoms with E-state index in [1.54, 1.807) is 6.08 Å². The molecular formula is C10H17N3O. The third kappa shape index (κ3) is 3.98. The smallest absolute Gasteiger partial charge is 0.191 e. The van der Waals surface area contributed by atoms with Gasteiger partial charge in [-0.1, -0.05) is 13.2 Å². The van der Waals surface area contributed by atoms with Crippen molar-refractivity contribution in [3.05, 3.63) is 25.0 Å². The van der Waals surface area contributed by atoms with Gasteiger partial charge in [0.25, 0.3) is 0 Å². The Morgan fingerprint density at radius 1 is 1.71 bits per heavy atom. The van der Waals surface area contributed by atoms with E-state index in [1.807, 2.05) is 0 Å². The Hall–Kier alpha value is -1.45. The number of ether oxygens (including phenoxy) is 1. The number of nitrogens with one attached hydrogen (secondary N) is 2. The summed E-state index contributed by atoms with van der Waals surface area (Å²) in [4.78, 5) is 4.26. The van der Waals surface area contributed by atoms with Crippen LogP contribution in [0.15, 0.2) is 30.0 Å². The molecule has 0 atom stereocenters. The Bertz CT molecular complexity index is 236. The first-order chi connectivity index (χ1) is 6.83. The summed E-state index contributed by atoms with van der Waals surface area (Å²) in [5.74, 6) is 1.47. The summed E-state index contributed by atoms with van der Waals surface area (Å²) < 4.78 is 5.22. The van der Waals surface area contributed by atoms with Crippen LogP contribution in [0.3, 0.4) is 0 Å². The first kappa shape index (κ1) is 10.6. The van der Waals surface area contributed by atoms with Crippen LogP contribution in [-0.4, -0.2) is 32.2 Å². The van der Waals surface area contributed by atoms with Crippen molar-refractivity contribution < 1.29 is 4.74 Å². The molecule has 14 heavy (non-hydrogen) atoms. The molecule has 0 amide bonds. The molecule has 0 aromatic carbocycles. The zero-order valence-corrected chi connectivity index (χ0v) is 8.38. The van der Waals surface area contributed by atoms with Crippen LogP contribution in [0.5, 0.6) is 0 Å². The van der Waals surface area contributed by atoms with E-state index in [0.717, 1.165) is 32.0 Å². The molecule has 1 aliphatic heterocycles. The highest BCUT2D eigenvalue weighted by Crippen LogP contribution is 1.92. The van der Waals surface area contributed by atoms with Crippen molar-refractivity contribution in [2.24, 2.45) is 4.99 Å². The monoisotopic (exact) mass is 195 g/mol. The molecule has 0 unspecified atom stereocenters. The Morgan fingerprint density at radius 3 is 3.21 bits per heavy atom. The van der Waals surface area contributed by atoms with E-state index < -0.39 is 0 Å². The maximum absolute atomic E-state index is 5.22. The van der Waals surface area contributed by atoms with E-state index >= 15 is 0 Å². The van der Waals surface area contributed by atoms with Crippen LogP contribution in [0.4, 0.5) is 0 Å². The molecule has 0 saturated carbocycles. The van der Waals surface area contributed by atoms with Gasteiger partial charge in [0, 0.05) is 13.1 Å². The number of rotatable bonds is 5. The molecule has 0 aromatic rings. The lowest BCUT2D eigenvalue weighted by molar-refractivity contribution is 0.231. The fourth-order valence-electron chi connectivity index (χ4n) is 1.06. The van der Waals surface area contributed by atoms with E-state index in [0.29, 0.717) is 12.4 Å². The van der Waals surface area contributed by atoms with E-state index in [9.17, 15) is 0 Å². The zero-order valence-electron chi connectivity index (χ0n) is 8.38. The van der Waals surface area contributed by atoms with Gasteiger partial charge in [0.1, 0.15) is 12.4 Å². The van der Waals surface area contributed by atoms with Crippen LogP contribution in [0.1, 0.15) is 6.42 Å². The van der Waals surface area contributed by atoms with Crippen molar-refractivity contribution in [3.8, 4) is 0 Å². The maximum Gasteiger partial charge on any atom is 0.191 e. The van der Waals surface area contributed by atoms with Crippen LogP contribution >= 0.6 is 0 Å². The van der Waals surface area contributed by atoms with E-state index in [1.165, 1.54) is 0 Å². The largest absolute Gasteiger partial charge is 0.492 e. The molecule has 1 heterocycles. The summed E-state index contributed by atoms with van der Waals surface area (Å²) in [6.07, 6.45) is 2.70. The van der Waals surface area contributed by atoms with Gasteiger partial charge < -0.3 is 15.4 Å². The first-order valence-corrected chi connectivity index (χ1v) is 4.79. The average molecular weight is 195 g/mol. The lowest BCUT2D eigenvalue weighted by Gasteiger charge is -2.16. The lowest BCUT2D eigenvalue weighted by atomic mass is 10.4. The predicted molar refractivity (Wildman–Crippen MR) is 58.2 cm³/mol. The summed E-state index contributed by atoms with van der Waals surface area (Å²) in [7, 11) is 0. The van der Waals surface area contributed by atoms with Gasteiger partial charge in [-0.25, -0.2) is 0 Å². The number of guanidine groups is 1. The minimum atomic E-state index is 0.575. The third-order valence-electron chi connectivity index (χ3n) is 1.81. The van der Waals surface area contributed by atoms with Crippen molar-refractivity contribution in [2.75, 3.05) is 26.2 Å². The van der Waals surface area contributed by atoms with E-state index in [2.05, 4.69) is 28.8 Å². The van der Waals surface area contributed by atoms with Gasteiger partial charge >= 0.3 is 0 Å². The van der Waals surface area contributed by atoms with E-state index in [-0.39, 0.29) is 0 Å². The van der Waals surface area contributed by atoms with Gasteiger partial charge in [0.2, 0.25) is 0 Å². The van der Waals surface area contributed by atoms with Crippen molar-refractivity contribution in [2.45, 2.75) is 6.42 Å². The molecule has 0 bridgehead atoms. The van der Waals surface area contributed by atoms with Gasteiger partial charge in [-0.15, -0.1) is 0 Å². The lowest BCUT2D eigenvalue weighted by Crippen LogP contribution is -2.41. The minimum absolute atomic E-state index is 0.575. The van der Waals surface area contributed by atoms with E-state index in [4.69, 9.17) is 4.74 Å². The topological polar surface area (TPSA) is 45.6 Å². The highest BCUT2D eigenvalue weighted by molar-refractivity contribution is 5.80. The molecule has 2 N–H and O–H groups in total. The third-order valence-corrected chi connectivity index (χ3v) is 1.81. The van der Waals surface area contributed by atoms with Crippen LogP contribution in [0, 0.1) is 0 Å². The quantitative estimate of drug-likeness (QED) is 0.384. The molecule has 4 heteroatoms. The fourth-order valence-corrected chi connectivity index (χ4v) is 1.06. The highest BCUT2D eigenvalue weighted by atomic mass is 16.5. The predicted octanol–water partition coefficient (Wildman–Crippen LogP) is 0.642. The molecular weight excluding hydrogens is 178 g/mol. The van der Waals surface area contributed by atoms with Gasteiger partial charge in [0.05, 0.1) is 6.54 Å². The summed E-state index contributed by atoms with van der Waals surface area (Å²) in [5.41, 5.74) is 0. The second kappa shape index (κ2) is 6.07. The Kier molecular flexibility index (Phi) is 4.61. The van der Waals surface area contributed by atoms with Crippen molar-refractivity contribution in [3.63, 3.8) is 0 Å². The Balaban J connectivity index is 2.06. The Morgan fingerprint density at radius 2 is 2.57 bits per heavy atom. The van der Waals surface area contributed by atoms with Gasteiger partial charge in [-0.2, -0.15) is 0 Å². The van der Waals surface area contributed by atoms with Gasteiger partial charge in [0.15, 0.2) is 5.96 Å². The first-order valence-electron chi connectivity index (χ1n) is 4.79. The highest BCUT2D eigenvalue weighted by Gasteiger charge is 2.01. The van der Waals surface area contributed by atoms with Crippen LogP contribution in [0.25, 0.3) is 0 Å². The van der Waals surface area contributed by atoms with Crippen LogP contribution in [0.2, 0.25) is 0 Å². The molecule has 0 radical (unpaired) electrons. The molecule has 0 aliphatic carbocycles. The summed E-state index contributed by atoms with van der Waals surface area (Å²) in [6, 6.07) is 0. The molecule has 0 saturated heterocycles. The van der Waals surface area contributed by atoms with Crippen LogP contribution < -0.4 is 10.6 Å². The van der Waals surface area contributed by atoms with Gasteiger partial charge in [-0.3, -0.25) is 4.99 Å². The molecule has 0 aromatic heterocycles. The fraction of sp³-hybridized carbons (Fsp3) is 0.500. The Labute approximate surface area is 84.7 Å². The number of aliphatic imine (C=N–C) groups is 1. The molecule has 1 aliphatic rings.